The van der Waals surface area contributed by atoms with E-state index >= 15 is 0 Å². The third-order valence-electron chi connectivity index (χ3n) is 10.4. The van der Waals surface area contributed by atoms with E-state index in [1.807, 2.05) is 0 Å². The Morgan fingerprint density at radius 1 is 0.472 bits per heavy atom. The maximum Gasteiger partial charge on any atom is 0.472 e. The van der Waals surface area contributed by atoms with E-state index in [2.05, 4.69) is 13.8 Å². The van der Waals surface area contributed by atoms with Crippen LogP contribution < -0.4 is 0 Å². The second kappa shape index (κ2) is 35.3. The van der Waals surface area contributed by atoms with Crippen molar-refractivity contribution in [2.45, 2.75) is 238 Å². The van der Waals surface area contributed by atoms with Gasteiger partial charge in [-0.1, -0.05) is 181 Å². The zero-order chi connectivity index (χ0) is 38.7. The highest BCUT2D eigenvalue weighted by Gasteiger charge is 2.33. The first-order valence-electron chi connectivity index (χ1n) is 22.2. The molecule has 318 valence electrons. The van der Waals surface area contributed by atoms with Crippen LogP contribution in [0.5, 0.6) is 0 Å². The first-order chi connectivity index (χ1) is 25.6. The number of phosphoric acid groups is 2. The molecule has 0 bridgehead atoms. The third-order valence-corrected chi connectivity index (χ3v) is 12.0. The molecule has 12 heteroatoms. The van der Waals surface area contributed by atoms with Crippen molar-refractivity contribution in [3.8, 4) is 0 Å². The number of hydrogen-bond acceptors (Lipinski definition) is 7. The molecule has 0 heterocycles. The van der Waals surface area contributed by atoms with Crippen LogP contribution in [0.4, 0.5) is 0 Å². The number of hydrogen-bond donors (Lipinski definition) is 3. The fourth-order valence-electron chi connectivity index (χ4n) is 7.14. The highest BCUT2D eigenvalue weighted by atomic mass is 31.2. The quantitative estimate of drug-likeness (QED) is 0.0405. The van der Waals surface area contributed by atoms with Crippen LogP contribution in [0.15, 0.2) is 0 Å². The van der Waals surface area contributed by atoms with Gasteiger partial charge in [0, 0.05) is 13.2 Å². The maximum absolute atomic E-state index is 12.8. The minimum atomic E-state index is -4.57. The Bertz CT molecular complexity index is 881. The Labute approximate surface area is 325 Å². The zero-order valence-electron chi connectivity index (χ0n) is 34.3. The number of phosphoric ester groups is 2. The van der Waals surface area contributed by atoms with Crippen LogP contribution in [0, 0.1) is 0 Å². The lowest BCUT2D eigenvalue weighted by Gasteiger charge is -2.29. The van der Waals surface area contributed by atoms with Crippen molar-refractivity contribution < 1.29 is 46.9 Å². The van der Waals surface area contributed by atoms with Gasteiger partial charge < -0.3 is 24.2 Å². The molecule has 1 rings (SSSR count). The Balaban J connectivity index is 2.27. The predicted molar refractivity (Wildman–Crippen MR) is 217 cm³/mol. The lowest BCUT2D eigenvalue weighted by molar-refractivity contribution is -0.0474. The molecule has 1 aliphatic carbocycles. The monoisotopic (exact) mass is 799 g/mol. The summed E-state index contributed by atoms with van der Waals surface area (Å²) < 4.78 is 51.5. The van der Waals surface area contributed by atoms with E-state index in [0.717, 1.165) is 25.7 Å². The molecule has 1 aliphatic rings. The molecule has 0 radical (unpaired) electrons. The summed E-state index contributed by atoms with van der Waals surface area (Å²) in [5, 5.41) is 0. The van der Waals surface area contributed by atoms with Gasteiger partial charge in [-0.2, -0.15) is 0 Å². The summed E-state index contributed by atoms with van der Waals surface area (Å²) in [4.78, 5) is 28.5. The zero-order valence-corrected chi connectivity index (χ0v) is 36.1. The summed E-state index contributed by atoms with van der Waals surface area (Å²) in [7, 11) is -8.93. The standard InChI is InChI=1S/C41H84O10P2/c1-3-5-7-9-11-13-15-17-19-21-23-25-27-29-35-47-37-41(48-36-30-28-26-24-22-20-18-16-14-12-10-8-6-4-2)38-49-53(45,46)51-40-33-31-39(32-34-40)50-52(42,43)44/h39-41H,3-38H2,1-2H3,(H,45,46)(H2,42,43,44)/t39?,40?,41-/m1/s1. The third kappa shape index (κ3) is 35.1. The Hall–Kier alpha value is 0.140. The van der Waals surface area contributed by atoms with E-state index in [1.165, 1.54) is 154 Å². The average Bonchev–Trinajstić information content (AvgIpc) is 3.11. The van der Waals surface area contributed by atoms with Crippen LogP contribution in [0.1, 0.15) is 219 Å². The first kappa shape index (κ1) is 51.2. The molecular weight excluding hydrogens is 714 g/mol. The maximum atomic E-state index is 12.8. The number of ether oxygens (including phenoxy) is 2. The van der Waals surface area contributed by atoms with Gasteiger partial charge >= 0.3 is 15.6 Å². The summed E-state index contributed by atoms with van der Waals surface area (Å²) in [5.41, 5.74) is 0. The SMILES string of the molecule is CCCCCCCCCCCCCCCCOC[C@H](COP(=O)(O)OC1CCC(OP(=O)(O)O)CC1)OCCCCCCCCCCCCCCCC. The van der Waals surface area contributed by atoms with Crippen molar-refractivity contribution in [2.75, 3.05) is 26.4 Å². The summed E-state index contributed by atoms with van der Waals surface area (Å²) in [6, 6.07) is 0. The van der Waals surface area contributed by atoms with Crippen LogP contribution in [-0.2, 0) is 32.2 Å². The van der Waals surface area contributed by atoms with Gasteiger partial charge in [0.15, 0.2) is 0 Å². The van der Waals surface area contributed by atoms with Crippen molar-refractivity contribution in [1.82, 2.24) is 0 Å². The molecular formula is C41H84O10P2. The second-order valence-electron chi connectivity index (χ2n) is 15.6. The number of rotatable bonds is 40. The van der Waals surface area contributed by atoms with Crippen molar-refractivity contribution in [3.63, 3.8) is 0 Å². The van der Waals surface area contributed by atoms with Crippen LogP contribution in [-0.4, -0.2) is 59.4 Å². The molecule has 1 fully saturated rings. The van der Waals surface area contributed by atoms with Gasteiger partial charge in [0.05, 0.1) is 25.4 Å². The largest absolute Gasteiger partial charge is 0.472 e. The first-order valence-corrected chi connectivity index (χ1v) is 25.3. The number of unbranched alkanes of at least 4 members (excludes halogenated alkanes) is 26. The predicted octanol–water partition coefficient (Wildman–Crippen LogP) is 12.9. The fraction of sp³-hybridized carbons (Fsp3) is 1.00. The normalized spacial score (nSPS) is 18.4. The molecule has 0 aromatic rings. The summed E-state index contributed by atoms with van der Waals surface area (Å²) in [6.07, 6.45) is 36.1. The minimum Gasteiger partial charge on any atom is -0.379 e. The van der Waals surface area contributed by atoms with E-state index in [4.69, 9.17) is 32.8 Å². The van der Waals surface area contributed by atoms with E-state index in [9.17, 15) is 14.0 Å². The average molecular weight is 799 g/mol. The molecule has 1 saturated carbocycles. The fourth-order valence-corrected chi connectivity index (χ4v) is 8.74. The van der Waals surface area contributed by atoms with E-state index in [0.29, 0.717) is 45.5 Å². The van der Waals surface area contributed by atoms with Gasteiger partial charge in [-0.25, -0.2) is 9.13 Å². The Morgan fingerprint density at radius 3 is 1.19 bits per heavy atom. The van der Waals surface area contributed by atoms with Crippen LogP contribution >= 0.6 is 15.6 Å². The minimum absolute atomic E-state index is 0.109. The van der Waals surface area contributed by atoms with E-state index in [1.54, 1.807) is 0 Å². The molecule has 10 nitrogen and oxygen atoms in total. The van der Waals surface area contributed by atoms with Gasteiger partial charge in [0.1, 0.15) is 6.10 Å². The molecule has 0 aromatic carbocycles. The molecule has 0 saturated heterocycles. The smallest absolute Gasteiger partial charge is 0.379 e. The van der Waals surface area contributed by atoms with Crippen molar-refractivity contribution in [1.29, 1.82) is 0 Å². The van der Waals surface area contributed by atoms with Gasteiger partial charge in [-0.05, 0) is 38.5 Å². The Morgan fingerprint density at radius 2 is 0.811 bits per heavy atom. The van der Waals surface area contributed by atoms with Crippen molar-refractivity contribution in [3.05, 3.63) is 0 Å². The van der Waals surface area contributed by atoms with Crippen molar-refractivity contribution in [2.24, 2.45) is 0 Å². The second-order valence-corrected chi connectivity index (χ2v) is 18.2. The highest BCUT2D eigenvalue weighted by Crippen LogP contribution is 2.48. The molecule has 0 amide bonds. The molecule has 0 spiro atoms. The van der Waals surface area contributed by atoms with E-state index in [-0.39, 0.29) is 6.61 Å². The van der Waals surface area contributed by atoms with Gasteiger partial charge in [0.2, 0.25) is 0 Å². The topological polar surface area (TPSA) is 141 Å². The lowest BCUT2D eigenvalue weighted by atomic mass is 9.95. The summed E-state index contributed by atoms with van der Waals surface area (Å²) >= 11 is 0. The summed E-state index contributed by atoms with van der Waals surface area (Å²) in [5.74, 6) is 0. The highest BCUT2D eigenvalue weighted by molar-refractivity contribution is 7.47. The molecule has 0 aliphatic heterocycles. The molecule has 3 N–H and O–H groups in total. The summed E-state index contributed by atoms with van der Waals surface area (Å²) in [6.45, 7) is 5.90. The lowest BCUT2D eigenvalue weighted by Crippen LogP contribution is -2.28. The van der Waals surface area contributed by atoms with Gasteiger partial charge in [0.25, 0.3) is 0 Å². The van der Waals surface area contributed by atoms with Crippen LogP contribution in [0.25, 0.3) is 0 Å². The molecule has 53 heavy (non-hydrogen) atoms. The molecule has 0 aromatic heterocycles. The van der Waals surface area contributed by atoms with Gasteiger partial charge in [-0.15, -0.1) is 0 Å². The van der Waals surface area contributed by atoms with Gasteiger partial charge in [-0.3, -0.25) is 13.6 Å². The van der Waals surface area contributed by atoms with Crippen LogP contribution in [0.3, 0.4) is 0 Å². The Kier molecular flexibility index (Phi) is 34.1. The van der Waals surface area contributed by atoms with E-state index < -0.39 is 34.0 Å². The van der Waals surface area contributed by atoms with Crippen LogP contribution in [0.2, 0.25) is 0 Å². The van der Waals surface area contributed by atoms with Crippen molar-refractivity contribution >= 4 is 15.6 Å². The molecule has 2 atom stereocenters. The molecule has 1 unspecified atom stereocenters.